The number of fused-ring (bicyclic) bond motifs is 1. The van der Waals surface area contributed by atoms with Gasteiger partial charge in [-0.05, 0) is 61.7 Å². The molecule has 3 aromatic rings. The number of benzene rings is 1. The summed E-state index contributed by atoms with van der Waals surface area (Å²) in [5, 5.41) is 0. The molecule has 0 saturated heterocycles. The summed E-state index contributed by atoms with van der Waals surface area (Å²) in [5.41, 5.74) is 11.2. The van der Waals surface area contributed by atoms with Gasteiger partial charge in [0.2, 0.25) is 0 Å². The number of imidazole rings is 1. The van der Waals surface area contributed by atoms with Gasteiger partial charge in [0.25, 0.3) is 0 Å². The van der Waals surface area contributed by atoms with Crippen molar-refractivity contribution in [2.75, 3.05) is 6.61 Å². The average molecular weight is 355 g/mol. The smallest absolute Gasteiger partial charge is 0.307 e. The molecule has 1 atom stereocenters. The van der Waals surface area contributed by atoms with Crippen molar-refractivity contribution in [3.05, 3.63) is 59.2 Å². The van der Waals surface area contributed by atoms with E-state index >= 15 is 0 Å². The molecule has 0 saturated carbocycles. The Morgan fingerprint density at radius 3 is 2.62 bits per heavy atom. The molecule has 0 aliphatic rings. The summed E-state index contributed by atoms with van der Waals surface area (Å²) in [5.74, 6) is -0.597. The fourth-order valence-electron chi connectivity index (χ4n) is 3.28. The second-order valence-corrected chi connectivity index (χ2v) is 6.36. The van der Waals surface area contributed by atoms with Gasteiger partial charge in [0.05, 0.1) is 18.7 Å². The largest absolute Gasteiger partial charge is 0.466 e. The van der Waals surface area contributed by atoms with E-state index in [1.165, 1.54) is 12.1 Å². The van der Waals surface area contributed by atoms with E-state index in [9.17, 15) is 9.18 Å². The van der Waals surface area contributed by atoms with E-state index in [2.05, 4.69) is 4.98 Å². The van der Waals surface area contributed by atoms with E-state index in [-0.39, 0.29) is 18.2 Å². The highest BCUT2D eigenvalue weighted by Gasteiger charge is 2.18. The quantitative estimate of drug-likeness (QED) is 0.708. The lowest BCUT2D eigenvalue weighted by Gasteiger charge is -2.17. The Labute approximate surface area is 151 Å². The predicted molar refractivity (Wildman–Crippen MR) is 98.2 cm³/mol. The van der Waals surface area contributed by atoms with Crippen LogP contribution in [0.2, 0.25) is 0 Å². The summed E-state index contributed by atoms with van der Waals surface area (Å²) in [7, 11) is 0. The van der Waals surface area contributed by atoms with E-state index in [0.717, 1.165) is 33.6 Å². The van der Waals surface area contributed by atoms with Crippen molar-refractivity contribution in [2.45, 2.75) is 33.2 Å². The number of halogens is 1. The predicted octanol–water partition coefficient (Wildman–Crippen LogP) is 3.71. The maximum atomic E-state index is 13.7. The first-order valence-corrected chi connectivity index (χ1v) is 8.56. The average Bonchev–Trinajstić information content (AvgIpc) is 3.02. The minimum absolute atomic E-state index is 0.0888. The van der Waals surface area contributed by atoms with Crippen LogP contribution in [0.3, 0.4) is 0 Å². The van der Waals surface area contributed by atoms with Gasteiger partial charge in [-0.2, -0.15) is 0 Å². The van der Waals surface area contributed by atoms with E-state index in [4.69, 9.17) is 10.5 Å². The van der Waals surface area contributed by atoms with Crippen molar-refractivity contribution in [1.29, 1.82) is 0 Å². The molecule has 2 aromatic heterocycles. The Bertz CT molecular complexity index is 942. The topological polar surface area (TPSA) is 69.6 Å². The molecular formula is C20H22FN3O2. The number of aromatic nitrogens is 2. The number of nitrogens with zero attached hydrogens (tertiary/aromatic N) is 2. The van der Waals surface area contributed by atoms with Gasteiger partial charge < -0.3 is 10.5 Å². The van der Waals surface area contributed by atoms with Gasteiger partial charge >= 0.3 is 5.97 Å². The number of aryl methyl sites for hydroxylation is 2. The maximum absolute atomic E-state index is 13.7. The number of esters is 1. The van der Waals surface area contributed by atoms with Crippen LogP contribution in [-0.2, 0) is 9.53 Å². The van der Waals surface area contributed by atoms with E-state index in [1.54, 1.807) is 13.1 Å². The lowest BCUT2D eigenvalue weighted by molar-refractivity contribution is -0.143. The third kappa shape index (κ3) is 3.46. The Hall–Kier alpha value is -2.73. The molecule has 0 fully saturated rings. The van der Waals surface area contributed by atoms with Gasteiger partial charge in [-0.25, -0.2) is 9.37 Å². The monoisotopic (exact) mass is 355 g/mol. The van der Waals surface area contributed by atoms with Crippen LogP contribution in [0.15, 0.2) is 36.7 Å². The summed E-state index contributed by atoms with van der Waals surface area (Å²) in [4.78, 5) is 16.1. The van der Waals surface area contributed by atoms with Gasteiger partial charge in [0.15, 0.2) is 0 Å². The highest BCUT2D eigenvalue weighted by molar-refractivity contribution is 5.73. The van der Waals surface area contributed by atoms with Gasteiger partial charge in [-0.1, -0.05) is 0 Å². The van der Waals surface area contributed by atoms with Crippen LogP contribution in [0.5, 0.6) is 0 Å². The molecule has 0 spiro atoms. The van der Waals surface area contributed by atoms with Crippen LogP contribution in [-0.4, -0.2) is 22.0 Å². The molecule has 3 rings (SSSR count). The summed E-state index contributed by atoms with van der Waals surface area (Å²) in [6.45, 7) is 5.83. The molecule has 136 valence electrons. The molecule has 0 amide bonds. The van der Waals surface area contributed by atoms with Gasteiger partial charge in [0.1, 0.15) is 11.5 Å². The second kappa shape index (κ2) is 7.25. The highest BCUT2D eigenvalue weighted by atomic mass is 19.1. The number of carbonyl (C=O) groups excluding carboxylic acids is 1. The number of hydrogen-bond acceptors (Lipinski definition) is 4. The van der Waals surface area contributed by atoms with Crippen LogP contribution < -0.4 is 5.73 Å². The lowest BCUT2D eigenvalue weighted by Crippen LogP contribution is -2.17. The zero-order valence-electron chi connectivity index (χ0n) is 15.1. The molecule has 2 N–H and O–H groups in total. The zero-order valence-corrected chi connectivity index (χ0v) is 15.1. The Morgan fingerprint density at radius 1 is 1.27 bits per heavy atom. The van der Waals surface area contributed by atoms with Crippen molar-refractivity contribution >= 4 is 11.6 Å². The van der Waals surface area contributed by atoms with Crippen LogP contribution in [0.25, 0.3) is 16.9 Å². The number of nitrogens with two attached hydrogens (primary N) is 1. The third-order valence-corrected chi connectivity index (χ3v) is 4.40. The van der Waals surface area contributed by atoms with Crippen LogP contribution in [0, 0.1) is 19.7 Å². The fourth-order valence-corrected chi connectivity index (χ4v) is 3.28. The molecule has 1 aromatic carbocycles. The molecule has 0 aliphatic carbocycles. The molecule has 0 aliphatic heterocycles. The normalized spacial score (nSPS) is 12.3. The summed E-state index contributed by atoms with van der Waals surface area (Å²) in [6, 6.07) is 6.32. The molecule has 2 heterocycles. The summed E-state index contributed by atoms with van der Waals surface area (Å²) < 4.78 is 20.6. The van der Waals surface area contributed by atoms with Gasteiger partial charge in [-0.3, -0.25) is 9.20 Å². The molecule has 6 heteroatoms. The summed E-state index contributed by atoms with van der Waals surface area (Å²) in [6.07, 6.45) is 3.65. The SMILES string of the molecule is CCOC(=O)CC(N)c1cc(-c2c(C)cc(F)cc2C)n2ccnc2c1. The van der Waals surface area contributed by atoms with Crippen molar-refractivity contribution in [3.8, 4) is 11.3 Å². The molecule has 26 heavy (non-hydrogen) atoms. The number of hydrogen-bond donors (Lipinski definition) is 1. The lowest BCUT2D eigenvalue weighted by atomic mass is 9.96. The van der Waals surface area contributed by atoms with Crippen molar-refractivity contribution in [2.24, 2.45) is 5.73 Å². The fraction of sp³-hybridized carbons (Fsp3) is 0.300. The van der Waals surface area contributed by atoms with Crippen molar-refractivity contribution in [1.82, 2.24) is 9.38 Å². The Morgan fingerprint density at radius 2 is 1.96 bits per heavy atom. The number of pyridine rings is 1. The molecule has 5 nitrogen and oxygen atoms in total. The first-order valence-electron chi connectivity index (χ1n) is 8.56. The van der Waals surface area contributed by atoms with Gasteiger partial charge in [-0.15, -0.1) is 0 Å². The van der Waals surface area contributed by atoms with E-state index in [0.29, 0.717) is 6.61 Å². The number of ether oxygens (including phenoxy) is 1. The highest BCUT2D eigenvalue weighted by Crippen LogP contribution is 2.31. The van der Waals surface area contributed by atoms with Gasteiger partial charge in [0, 0.05) is 24.0 Å². The minimum atomic E-state index is -0.504. The third-order valence-electron chi connectivity index (χ3n) is 4.40. The Kier molecular flexibility index (Phi) is 5.04. The molecule has 0 bridgehead atoms. The number of carbonyl (C=O) groups is 1. The van der Waals surface area contributed by atoms with Crippen LogP contribution >= 0.6 is 0 Å². The second-order valence-electron chi connectivity index (χ2n) is 6.36. The van der Waals surface area contributed by atoms with Crippen molar-refractivity contribution < 1.29 is 13.9 Å². The minimum Gasteiger partial charge on any atom is -0.466 e. The van der Waals surface area contributed by atoms with E-state index < -0.39 is 6.04 Å². The standard InChI is InChI=1S/C20H22FN3O2/c1-4-26-19(25)11-16(22)14-9-17(24-6-5-23-18(24)10-14)20-12(2)7-15(21)8-13(20)3/h5-10,16H,4,11,22H2,1-3H3. The van der Waals surface area contributed by atoms with E-state index in [1.807, 2.05) is 36.6 Å². The van der Waals surface area contributed by atoms with Crippen molar-refractivity contribution in [3.63, 3.8) is 0 Å². The zero-order chi connectivity index (χ0) is 18.8. The number of rotatable bonds is 5. The summed E-state index contributed by atoms with van der Waals surface area (Å²) >= 11 is 0. The first-order chi connectivity index (χ1) is 12.4. The Balaban J connectivity index is 2.12. The van der Waals surface area contributed by atoms with Crippen LogP contribution in [0.4, 0.5) is 4.39 Å². The molecule has 1 unspecified atom stereocenters. The molecule has 0 radical (unpaired) electrons. The van der Waals surface area contributed by atoms with Crippen LogP contribution in [0.1, 0.15) is 36.1 Å². The maximum Gasteiger partial charge on any atom is 0.307 e. The first kappa shape index (κ1) is 18.1. The molecular weight excluding hydrogens is 333 g/mol.